The molecule has 15 heavy (non-hydrogen) atoms. The quantitative estimate of drug-likeness (QED) is 0.623. The topological polar surface area (TPSA) is 22.1 Å². The van der Waals surface area contributed by atoms with E-state index in [4.69, 9.17) is 4.74 Å². The molecule has 6 heteroatoms. The van der Waals surface area contributed by atoms with Crippen LogP contribution in [0.5, 0.6) is 5.75 Å². The van der Waals surface area contributed by atoms with Gasteiger partial charge < -0.3 is 4.74 Å². The molecule has 0 amide bonds. The Hall–Kier alpha value is -0.780. The van der Waals surface area contributed by atoms with Crippen LogP contribution in [0.3, 0.4) is 0 Å². The first-order valence-electron chi connectivity index (χ1n) is 4.28. The van der Waals surface area contributed by atoms with Crippen LogP contribution < -0.4 is 4.74 Å². The van der Waals surface area contributed by atoms with Crippen molar-refractivity contribution in [2.75, 3.05) is 6.61 Å². The first-order chi connectivity index (χ1) is 6.97. The zero-order valence-corrected chi connectivity index (χ0v) is 9.31. The molecule has 0 aliphatic rings. The third-order valence-corrected chi connectivity index (χ3v) is 2.04. The van der Waals surface area contributed by atoms with Gasteiger partial charge in [0.2, 0.25) is 0 Å². The lowest BCUT2D eigenvalue weighted by molar-refractivity contribution is -0.136. The molecule has 0 aliphatic carbocycles. The Balaban J connectivity index is 2.23. The maximum Gasteiger partial charge on any atom is 0.389 e. The van der Waals surface area contributed by atoms with Crippen molar-refractivity contribution in [3.05, 3.63) is 22.9 Å². The van der Waals surface area contributed by atoms with Crippen LogP contribution in [0, 0.1) is 0 Å². The maximum atomic E-state index is 11.8. The van der Waals surface area contributed by atoms with E-state index in [0.29, 0.717) is 10.4 Å². The Morgan fingerprint density at radius 1 is 1.33 bits per heavy atom. The summed E-state index contributed by atoms with van der Waals surface area (Å²) in [4.78, 5) is 3.88. The molecule has 1 aromatic rings. The average Bonchev–Trinajstić information content (AvgIpc) is 2.14. The first kappa shape index (κ1) is 12.3. The standard InChI is InChI=1S/C9H9BrF3NO/c10-8-3-2-7(6-14-8)15-5-1-4-9(11,12)13/h2-3,6H,1,4-5H2. The van der Waals surface area contributed by atoms with E-state index in [1.54, 1.807) is 12.1 Å². The van der Waals surface area contributed by atoms with Crippen molar-refractivity contribution in [1.29, 1.82) is 0 Å². The van der Waals surface area contributed by atoms with Gasteiger partial charge in [-0.05, 0) is 34.5 Å². The third-order valence-electron chi connectivity index (χ3n) is 1.57. The van der Waals surface area contributed by atoms with E-state index >= 15 is 0 Å². The minimum Gasteiger partial charge on any atom is -0.492 e. The van der Waals surface area contributed by atoms with E-state index in [9.17, 15) is 13.2 Å². The van der Waals surface area contributed by atoms with Gasteiger partial charge >= 0.3 is 6.18 Å². The van der Waals surface area contributed by atoms with E-state index in [-0.39, 0.29) is 13.0 Å². The highest BCUT2D eigenvalue weighted by atomic mass is 79.9. The van der Waals surface area contributed by atoms with Gasteiger partial charge in [0.25, 0.3) is 0 Å². The summed E-state index contributed by atoms with van der Waals surface area (Å²) >= 11 is 3.14. The van der Waals surface area contributed by atoms with E-state index in [1.165, 1.54) is 6.20 Å². The van der Waals surface area contributed by atoms with Gasteiger partial charge in [0.05, 0.1) is 12.8 Å². The fourth-order valence-corrected chi connectivity index (χ4v) is 1.14. The molecule has 0 spiro atoms. The van der Waals surface area contributed by atoms with Gasteiger partial charge in [-0.1, -0.05) is 0 Å². The molecule has 0 saturated carbocycles. The van der Waals surface area contributed by atoms with Crippen LogP contribution >= 0.6 is 15.9 Å². The molecule has 0 radical (unpaired) electrons. The molecule has 0 fully saturated rings. The van der Waals surface area contributed by atoms with Crippen molar-refractivity contribution in [2.45, 2.75) is 19.0 Å². The lowest BCUT2D eigenvalue weighted by atomic mass is 10.3. The van der Waals surface area contributed by atoms with Gasteiger partial charge in [0.1, 0.15) is 10.4 Å². The molecule has 0 aromatic carbocycles. The van der Waals surface area contributed by atoms with Crippen LogP contribution in [0.2, 0.25) is 0 Å². The van der Waals surface area contributed by atoms with Crippen LogP contribution in [0.15, 0.2) is 22.9 Å². The highest BCUT2D eigenvalue weighted by Crippen LogP contribution is 2.21. The number of hydrogen-bond acceptors (Lipinski definition) is 2. The minimum atomic E-state index is -4.11. The Morgan fingerprint density at radius 3 is 2.60 bits per heavy atom. The van der Waals surface area contributed by atoms with Crippen LogP contribution in [0.4, 0.5) is 13.2 Å². The number of aromatic nitrogens is 1. The smallest absolute Gasteiger partial charge is 0.389 e. The van der Waals surface area contributed by atoms with Crippen molar-refractivity contribution in [3.63, 3.8) is 0 Å². The fraction of sp³-hybridized carbons (Fsp3) is 0.444. The van der Waals surface area contributed by atoms with Crippen molar-refractivity contribution in [2.24, 2.45) is 0 Å². The highest BCUT2D eigenvalue weighted by molar-refractivity contribution is 9.10. The Labute approximate surface area is 93.6 Å². The summed E-state index contributed by atoms with van der Waals surface area (Å²) in [5.74, 6) is 0.473. The summed E-state index contributed by atoms with van der Waals surface area (Å²) in [7, 11) is 0. The van der Waals surface area contributed by atoms with E-state index < -0.39 is 12.6 Å². The molecule has 0 N–H and O–H groups in total. The second kappa shape index (κ2) is 5.34. The molecular formula is C9H9BrF3NO. The van der Waals surface area contributed by atoms with E-state index in [1.807, 2.05) is 0 Å². The maximum absolute atomic E-state index is 11.8. The summed E-state index contributed by atoms with van der Waals surface area (Å²) in [5.41, 5.74) is 0. The van der Waals surface area contributed by atoms with Gasteiger partial charge in [-0.3, -0.25) is 0 Å². The Kier molecular flexibility index (Phi) is 4.38. The summed E-state index contributed by atoms with van der Waals surface area (Å²) < 4.78 is 41.0. The summed E-state index contributed by atoms with van der Waals surface area (Å²) in [6, 6.07) is 3.31. The third kappa shape index (κ3) is 5.61. The lowest BCUT2D eigenvalue weighted by Gasteiger charge is -2.07. The van der Waals surface area contributed by atoms with Crippen LogP contribution in [-0.4, -0.2) is 17.8 Å². The summed E-state index contributed by atoms with van der Waals surface area (Å²) in [6.45, 7) is 0.0445. The van der Waals surface area contributed by atoms with Gasteiger partial charge in [-0.15, -0.1) is 0 Å². The van der Waals surface area contributed by atoms with E-state index in [2.05, 4.69) is 20.9 Å². The van der Waals surface area contributed by atoms with Gasteiger partial charge in [-0.25, -0.2) is 4.98 Å². The molecule has 0 aliphatic heterocycles. The van der Waals surface area contributed by atoms with Gasteiger partial charge in [0, 0.05) is 6.42 Å². The van der Waals surface area contributed by atoms with Crippen LogP contribution in [0.1, 0.15) is 12.8 Å². The molecule has 2 nitrogen and oxygen atoms in total. The molecule has 0 unspecified atom stereocenters. The number of rotatable bonds is 4. The Morgan fingerprint density at radius 2 is 2.07 bits per heavy atom. The molecule has 84 valence electrons. The summed E-state index contributed by atoms with van der Waals surface area (Å²) in [6.07, 6.45) is -3.52. The zero-order chi connectivity index (χ0) is 11.3. The lowest BCUT2D eigenvalue weighted by Crippen LogP contribution is -2.09. The molecule has 1 rings (SSSR count). The average molecular weight is 284 g/mol. The molecule has 0 bridgehead atoms. The SMILES string of the molecule is FC(F)(F)CCCOc1ccc(Br)nc1. The fourth-order valence-electron chi connectivity index (χ4n) is 0.910. The molecule has 1 heterocycles. The first-order valence-corrected chi connectivity index (χ1v) is 5.08. The van der Waals surface area contributed by atoms with Crippen molar-refractivity contribution in [1.82, 2.24) is 4.98 Å². The van der Waals surface area contributed by atoms with E-state index in [0.717, 1.165) is 0 Å². The number of pyridine rings is 1. The number of ether oxygens (including phenoxy) is 1. The summed E-state index contributed by atoms with van der Waals surface area (Å²) in [5, 5.41) is 0. The largest absolute Gasteiger partial charge is 0.492 e. The minimum absolute atomic E-state index is 0.0421. The highest BCUT2D eigenvalue weighted by Gasteiger charge is 2.26. The number of nitrogens with zero attached hydrogens (tertiary/aromatic N) is 1. The normalized spacial score (nSPS) is 11.5. The Bertz CT molecular complexity index is 299. The molecule has 0 saturated heterocycles. The predicted octanol–water partition coefficient (Wildman–Crippen LogP) is 3.57. The molecule has 1 aromatic heterocycles. The second-order valence-corrected chi connectivity index (χ2v) is 3.70. The molecular weight excluding hydrogens is 275 g/mol. The number of hydrogen-bond donors (Lipinski definition) is 0. The molecule has 0 atom stereocenters. The van der Waals surface area contributed by atoms with Crippen molar-refractivity contribution < 1.29 is 17.9 Å². The monoisotopic (exact) mass is 283 g/mol. The van der Waals surface area contributed by atoms with Crippen LogP contribution in [-0.2, 0) is 0 Å². The van der Waals surface area contributed by atoms with Crippen LogP contribution in [0.25, 0.3) is 0 Å². The number of alkyl halides is 3. The van der Waals surface area contributed by atoms with Crippen molar-refractivity contribution >= 4 is 15.9 Å². The predicted molar refractivity (Wildman–Crippen MR) is 52.7 cm³/mol. The second-order valence-electron chi connectivity index (χ2n) is 2.88. The van der Waals surface area contributed by atoms with Gasteiger partial charge in [-0.2, -0.15) is 13.2 Å². The van der Waals surface area contributed by atoms with Crippen molar-refractivity contribution in [3.8, 4) is 5.75 Å². The number of halogens is 4. The zero-order valence-electron chi connectivity index (χ0n) is 7.72. The van der Waals surface area contributed by atoms with Gasteiger partial charge in [0.15, 0.2) is 0 Å².